The molecule has 0 atom stereocenters. The summed E-state index contributed by atoms with van der Waals surface area (Å²) < 4.78 is 11.3. The molecule has 1 aromatic carbocycles. The molecule has 23 heavy (non-hydrogen) atoms. The van der Waals surface area contributed by atoms with Gasteiger partial charge in [0, 0.05) is 26.2 Å². The molecule has 2 fully saturated rings. The van der Waals surface area contributed by atoms with E-state index in [1.54, 1.807) is 0 Å². The zero-order valence-corrected chi connectivity index (χ0v) is 14.2. The van der Waals surface area contributed by atoms with Gasteiger partial charge in [-0.2, -0.15) is 0 Å². The van der Waals surface area contributed by atoms with Crippen LogP contribution in [0.1, 0.15) is 31.2 Å². The molecule has 2 aliphatic rings. The Morgan fingerprint density at radius 1 is 0.957 bits per heavy atom. The fraction of sp³-hybridized carbons (Fsp3) is 0.684. The van der Waals surface area contributed by atoms with Crippen LogP contribution >= 0.6 is 0 Å². The number of nitrogens with zero attached hydrogens (tertiary/aromatic N) is 2. The van der Waals surface area contributed by atoms with E-state index in [1.807, 2.05) is 0 Å². The summed E-state index contributed by atoms with van der Waals surface area (Å²) in [6.45, 7) is 9.32. The average Bonchev–Trinajstić information content (AvgIpc) is 2.61. The van der Waals surface area contributed by atoms with Gasteiger partial charge in [0.1, 0.15) is 5.75 Å². The van der Waals surface area contributed by atoms with E-state index in [2.05, 4.69) is 34.1 Å². The van der Waals surface area contributed by atoms with Crippen LogP contribution in [0.25, 0.3) is 0 Å². The second kappa shape index (κ2) is 9.26. The van der Waals surface area contributed by atoms with Gasteiger partial charge in [-0.15, -0.1) is 0 Å². The number of ether oxygens (including phenoxy) is 2. The van der Waals surface area contributed by atoms with Crippen LogP contribution in [0.4, 0.5) is 0 Å². The minimum atomic E-state index is 0.796. The normalized spacial score (nSPS) is 20.5. The summed E-state index contributed by atoms with van der Waals surface area (Å²) in [4.78, 5) is 5.01. The lowest BCUT2D eigenvalue weighted by Gasteiger charge is -2.26. The molecule has 0 saturated carbocycles. The number of benzene rings is 1. The van der Waals surface area contributed by atoms with Crippen LogP contribution in [-0.2, 0) is 11.3 Å². The van der Waals surface area contributed by atoms with Crippen molar-refractivity contribution < 1.29 is 9.47 Å². The van der Waals surface area contributed by atoms with E-state index in [4.69, 9.17) is 9.47 Å². The minimum Gasteiger partial charge on any atom is -0.494 e. The molecule has 0 aliphatic carbocycles. The van der Waals surface area contributed by atoms with Crippen LogP contribution < -0.4 is 4.74 Å². The molecule has 0 N–H and O–H groups in total. The predicted octanol–water partition coefficient (Wildman–Crippen LogP) is 2.77. The van der Waals surface area contributed by atoms with Crippen LogP contribution in [0, 0.1) is 0 Å². The fourth-order valence-corrected chi connectivity index (χ4v) is 3.41. The number of hydrogen-bond donors (Lipinski definition) is 0. The molecular weight excluding hydrogens is 288 g/mol. The van der Waals surface area contributed by atoms with Gasteiger partial charge in [0.25, 0.3) is 0 Å². The lowest BCUT2D eigenvalue weighted by molar-refractivity contribution is 0.0358. The van der Waals surface area contributed by atoms with Crippen molar-refractivity contribution in [3.63, 3.8) is 0 Å². The van der Waals surface area contributed by atoms with E-state index in [0.29, 0.717) is 0 Å². The summed E-state index contributed by atoms with van der Waals surface area (Å²) in [7, 11) is 0. The maximum absolute atomic E-state index is 5.95. The van der Waals surface area contributed by atoms with E-state index in [1.165, 1.54) is 37.9 Å². The van der Waals surface area contributed by atoms with Gasteiger partial charge in [0.2, 0.25) is 0 Å². The van der Waals surface area contributed by atoms with Crippen molar-refractivity contribution in [2.45, 2.75) is 32.2 Å². The molecule has 0 unspecified atom stereocenters. The Kier molecular flexibility index (Phi) is 6.74. The highest BCUT2D eigenvalue weighted by molar-refractivity contribution is 5.28. The average molecular weight is 318 g/mol. The van der Waals surface area contributed by atoms with Gasteiger partial charge in [0.15, 0.2) is 0 Å². The van der Waals surface area contributed by atoms with Crippen molar-refractivity contribution in [3.8, 4) is 5.75 Å². The highest BCUT2D eigenvalue weighted by Crippen LogP contribution is 2.17. The molecule has 0 amide bonds. The first-order valence-corrected chi connectivity index (χ1v) is 9.14. The van der Waals surface area contributed by atoms with Gasteiger partial charge >= 0.3 is 0 Å². The Hall–Kier alpha value is -1.10. The van der Waals surface area contributed by atoms with E-state index >= 15 is 0 Å². The molecule has 128 valence electrons. The third kappa shape index (κ3) is 5.79. The van der Waals surface area contributed by atoms with E-state index < -0.39 is 0 Å². The molecule has 2 heterocycles. The lowest BCUT2D eigenvalue weighted by atomic mass is 10.1. The third-order valence-electron chi connectivity index (χ3n) is 4.74. The number of likely N-dealkylation sites (tertiary alicyclic amines) is 1. The largest absolute Gasteiger partial charge is 0.494 e. The zero-order chi connectivity index (χ0) is 15.7. The summed E-state index contributed by atoms with van der Waals surface area (Å²) in [6, 6.07) is 8.63. The van der Waals surface area contributed by atoms with Crippen molar-refractivity contribution in [3.05, 3.63) is 29.8 Å². The van der Waals surface area contributed by atoms with Crippen molar-refractivity contribution >= 4 is 0 Å². The maximum Gasteiger partial charge on any atom is 0.119 e. The van der Waals surface area contributed by atoms with Gasteiger partial charge in [-0.25, -0.2) is 0 Å². The molecule has 2 saturated heterocycles. The molecule has 0 aromatic heterocycles. The molecule has 0 spiro atoms. The molecule has 4 nitrogen and oxygen atoms in total. The van der Waals surface area contributed by atoms with Crippen LogP contribution in [0.2, 0.25) is 0 Å². The third-order valence-corrected chi connectivity index (χ3v) is 4.74. The van der Waals surface area contributed by atoms with Gasteiger partial charge in [-0.3, -0.25) is 9.80 Å². The van der Waals surface area contributed by atoms with Gasteiger partial charge in [-0.05, 0) is 50.0 Å². The Balaban J connectivity index is 1.38. The second-order valence-corrected chi connectivity index (χ2v) is 6.64. The SMILES string of the molecule is c1cc(CN2CCCCC2)cc(OCCCN2CCOCC2)c1. The number of piperidine rings is 1. The van der Waals surface area contributed by atoms with Gasteiger partial charge in [0.05, 0.1) is 19.8 Å². The van der Waals surface area contributed by atoms with E-state index in [-0.39, 0.29) is 0 Å². The topological polar surface area (TPSA) is 24.9 Å². The monoisotopic (exact) mass is 318 g/mol. The van der Waals surface area contributed by atoms with Gasteiger partial charge in [-0.1, -0.05) is 18.6 Å². The first-order valence-electron chi connectivity index (χ1n) is 9.14. The second-order valence-electron chi connectivity index (χ2n) is 6.64. The van der Waals surface area contributed by atoms with Crippen molar-refractivity contribution in [1.82, 2.24) is 9.80 Å². The summed E-state index contributed by atoms with van der Waals surface area (Å²) >= 11 is 0. The van der Waals surface area contributed by atoms with Crippen molar-refractivity contribution in [2.24, 2.45) is 0 Å². The zero-order valence-electron chi connectivity index (χ0n) is 14.2. The number of rotatable bonds is 7. The Labute approximate surface area is 140 Å². The van der Waals surface area contributed by atoms with Crippen molar-refractivity contribution in [1.29, 1.82) is 0 Å². The minimum absolute atomic E-state index is 0.796. The first-order chi connectivity index (χ1) is 11.4. The standard InChI is InChI=1S/C19H30N2O2/c1-2-8-21(9-3-1)17-18-6-4-7-19(16-18)23-13-5-10-20-11-14-22-15-12-20/h4,6-7,16H,1-3,5,8-15,17H2. The molecule has 4 heteroatoms. The Bertz CT molecular complexity index is 454. The smallest absolute Gasteiger partial charge is 0.119 e. The summed E-state index contributed by atoms with van der Waals surface area (Å²) in [5.74, 6) is 1.02. The lowest BCUT2D eigenvalue weighted by Crippen LogP contribution is -2.37. The van der Waals surface area contributed by atoms with Crippen LogP contribution in [0.5, 0.6) is 5.75 Å². The number of hydrogen-bond acceptors (Lipinski definition) is 4. The first kappa shape index (κ1) is 16.7. The summed E-state index contributed by atoms with van der Waals surface area (Å²) in [6.07, 6.45) is 5.16. The molecule has 0 radical (unpaired) electrons. The van der Waals surface area contributed by atoms with Crippen LogP contribution in [-0.4, -0.2) is 62.3 Å². The van der Waals surface area contributed by atoms with Crippen molar-refractivity contribution in [2.75, 3.05) is 52.5 Å². The van der Waals surface area contributed by atoms with Crippen LogP contribution in [0.15, 0.2) is 24.3 Å². The summed E-state index contributed by atoms with van der Waals surface area (Å²) in [5.41, 5.74) is 1.37. The predicted molar refractivity (Wildman–Crippen MR) is 92.9 cm³/mol. The molecular formula is C19H30N2O2. The Morgan fingerprint density at radius 2 is 1.78 bits per heavy atom. The Morgan fingerprint density at radius 3 is 2.61 bits per heavy atom. The summed E-state index contributed by atoms with van der Waals surface area (Å²) in [5, 5.41) is 0. The van der Waals surface area contributed by atoms with E-state index in [0.717, 1.165) is 58.2 Å². The van der Waals surface area contributed by atoms with Crippen LogP contribution in [0.3, 0.4) is 0 Å². The number of morpholine rings is 1. The maximum atomic E-state index is 5.95. The highest BCUT2D eigenvalue weighted by Gasteiger charge is 2.11. The van der Waals surface area contributed by atoms with E-state index in [9.17, 15) is 0 Å². The quantitative estimate of drug-likeness (QED) is 0.722. The van der Waals surface area contributed by atoms with Gasteiger partial charge < -0.3 is 9.47 Å². The highest BCUT2D eigenvalue weighted by atomic mass is 16.5. The molecule has 3 rings (SSSR count). The molecule has 0 bridgehead atoms. The molecule has 1 aromatic rings. The molecule has 2 aliphatic heterocycles. The fourth-order valence-electron chi connectivity index (χ4n) is 3.41.